The zero-order chi connectivity index (χ0) is 14.9. The van der Waals surface area contributed by atoms with Gasteiger partial charge in [-0.1, -0.05) is 18.2 Å². The molecule has 0 unspecified atom stereocenters. The van der Waals surface area contributed by atoms with Gasteiger partial charge in [0.05, 0.1) is 6.10 Å². The van der Waals surface area contributed by atoms with Gasteiger partial charge >= 0.3 is 0 Å². The molecule has 2 atom stereocenters. The van der Waals surface area contributed by atoms with E-state index in [1.54, 1.807) is 6.92 Å². The van der Waals surface area contributed by atoms with Crippen molar-refractivity contribution in [1.82, 2.24) is 5.32 Å². The molecule has 0 fully saturated rings. The van der Waals surface area contributed by atoms with Crippen LogP contribution in [0.25, 0.3) is 11.0 Å². The second-order valence-electron chi connectivity index (χ2n) is 6.24. The van der Waals surface area contributed by atoms with Crippen molar-refractivity contribution < 1.29 is 14.6 Å². The third kappa shape index (κ3) is 3.39. The largest absolute Gasteiger partial charge is 0.458 e. The topological polar surface area (TPSA) is 65.6 Å². The third-order valence-electron chi connectivity index (χ3n) is 3.20. The quantitative estimate of drug-likeness (QED) is 0.804. The van der Waals surface area contributed by atoms with Crippen molar-refractivity contribution in [3.8, 4) is 0 Å². The fourth-order valence-corrected chi connectivity index (χ4v) is 2.10. The third-order valence-corrected chi connectivity index (χ3v) is 3.20. The fourth-order valence-electron chi connectivity index (χ4n) is 2.10. The van der Waals surface area contributed by atoms with E-state index in [-0.39, 0.29) is 5.54 Å². The molecule has 1 aromatic carbocycles. The van der Waals surface area contributed by atoms with Crippen molar-refractivity contribution in [3.05, 3.63) is 35.6 Å². The van der Waals surface area contributed by atoms with Gasteiger partial charge < -0.3 is 19.9 Å². The summed E-state index contributed by atoms with van der Waals surface area (Å²) in [6.07, 6.45) is -1.30. The van der Waals surface area contributed by atoms with Gasteiger partial charge in [-0.15, -0.1) is 0 Å². The summed E-state index contributed by atoms with van der Waals surface area (Å²) < 4.78 is 5.74. The summed E-state index contributed by atoms with van der Waals surface area (Å²) in [6, 6.07) is 7.46. The number of aliphatic hydroxyl groups is 2. The van der Waals surface area contributed by atoms with Gasteiger partial charge in [0.25, 0.3) is 0 Å². The van der Waals surface area contributed by atoms with Gasteiger partial charge in [-0.2, -0.15) is 0 Å². The minimum Gasteiger partial charge on any atom is -0.458 e. The Balaban J connectivity index is 2.25. The molecule has 3 N–H and O–H groups in total. The summed E-state index contributed by atoms with van der Waals surface area (Å²) in [5.41, 5.74) is 1.33. The molecule has 1 aromatic heterocycles. The van der Waals surface area contributed by atoms with E-state index in [1.165, 1.54) is 0 Å². The van der Waals surface area contributed by atoms with E-state index in [1.807, 2.05) is 45.0 Å². The number of hydrogen-bond acceptors (Lipinski definition) is 4. The molecule has 4 nitrogen and oxygen atoms in total. The summed E-state index contributed by atoms with van der Waals surface area (Å²) in [5, 5.41) is 24.1. The normalized spacial score (nSPS) is 15.5. The Labute approximate surface area is 119 Å². The van der Waals surface area contributed by atoms with Gasteiger partial charge in [0, 0.05) is 23.0 Å². The van der Waals surface area contributed by atoms with E-state index in [0.29, 0.717) is 17.9 Å². The molecule has 20 heavy (non-hydrogen) atoms. The van der Waals surface area contributed by atoms with Crippen LogP contribution in [0.1, 0.15) is 51.2 Å². The van der Waals surface area contributed by atoms with Crippen molar-refractivity contribution in [2.45, 2.75) is 45.4 Å². The predicted octanol–water partition coefficient (Wildman–Crippen LogP) is 2.91. The number of hydrogen-bond donors (Lipinski definition) is 3. The first-order valence-corrected chi connectivity index (χ1v) is 6.91. The van der Waals surface area contributed by atoms with E-state index in [0.717, 1.165) is 10.9 Å². The Morgan fingerprint density at radius 3 is 2.55 bits per heavy atom. The van der Waals surface area contributed by atoms with Crippen LogP contribution in [0, 0.1) is 0 Å². The van der Waals surface area contributed by atoms with Crippen LogP contribution in [0.3, 0.4) is 0 Å². The first-order chi connectivity index (χ1) is 9.28. The molecular weight excluding hydrogens is 254 g/mol. The number of rotatable bonds is 4. The lowest BCUT2D eigenvalue weighted by molar-refractivity contribution is 0.139. The summed E-state index contributed by atoms with van der Waals surface area (Å²) in [7, 11) is 0. The molecule has 0 radical (unpaired) electrons. The van der Waals surface area contributed by atoms with Gasteiger partial charge in [0.2, 0.25) is 0 Å². The Kier molecular flexibility index (Phi) is 4.18. The molecular formula is C16H23NO3. The van der Waals surface area contributed by atoms with Crippen LogP contribution in [-0.4, -0.2) is 22.3 Å². The highest BCUT2D eigenvalue weighted by atomic mass is 16.4. The number of β-amino-alcohol motifs (C(OH)–C–C–N with tert-alkyl or cyclic N) is 1. The van der Waals surface area contributed by atoms with E-state index < -0.39 is 12.2 Å². The SMILES string of the molecule is C[C@@H](O)c1cccc2cc([C@@H](O)CNC(C)(C)C)oc12. The molecule has 0 saturated carbocycles. The molecule has 0 saturated heterocycles. The first-order valence-electron chi connectivity index (χ1n) is 6.91. The lowest BCUT2D eigenvalue weighted by atomic mass is 10.1. The number of para-hydroxylation sites is 1. The molecule has 110 valence electrons. The molecule has 0 aliphatic rings. The predicted molar refractivity (Wildman–Crippen MR) is 79.6 cm³/mol. The van der Waals surface area contributed by atoms with E-state index in [2.05, 4.69) is 5.32 Å². The average molecular weight is 277 g/mol. The zero-order valence-corrected chi connectivity index (χ0v) is 12.5. The van der Waals surface area contributed by atoms with Crippen molar-refractivity contribution in [1.29, 1.82) is 0 Å². The molecule has 0 aliphatic carbocycles. The van der Waals surface area contributed by atoms with Crippen LogP contribution in [-0.2, 0) is 0 Å². The van der Waals surface area contributed by atoms with Crippen molar-refractivity contribution in [3.63, 3.8) is 0 Å². The van der Waals surface area contributed by atoms with Crippen molar-refractivity contribution >= 4 is 11.0 Å². The maximum absolute atomic E-state index is 10.2. The lowest BCUT2D eigenvalue weighted by Gasteiger charge is -2.22. The Morgan fingerprint density at radius 2 is 1.95 bits per heavy atom. The Bertz CT molecular complexity index is 581. The lowest BCUT2D eigenvalue weighted by Crippen LogP contribution is -2.38. The second-order valence-corrected chi connectivity index (χ2v) is 6.24. The summed E-state index contributed by atoms with van der Waals surface area (Å²) in [5.74, 6) is 0.518. The minimum absolute atomic E-state index is 0.0578. The second kappa shape index (κ2) is 5.56. The van der Waals surface area contributed by atoms with Crippen molar-refractivity contribution in [2.75, 3.05) is 6.54 Å². The molecule has 0 bridgehead atoms. The highest BCUT2D eigenvalue weighted by Crippen LogP contribution is 2.29. The number of furan rings is 1. The maximum Gasteiger partial charge on any atom is 0.140 e. The maximum atomic E-state index is 10.2. The standard InChI is InChI=1S/C16H23NO3/c1-10(18)12-7-5-6-11-8-14(20-15(11)12)13(19)9-17-16(2,3)4/h5-8,10,13,17-19H,9H2,1-4H3/t10-,13+/m1/s1. The van der Waals surface area contributed by atoms with Gasteiger partial charge in [0.1, 0.15) is 17.4 Å². The van der Waals surface area contributed by atoms with Gasteiger partial charge in [-0.05, 0) is 33.8 Å². The van der Waals surface area contributed by atoms with E-state index in [9.17, 15) is 10.2 Å². The van der Waals surface area contributed by atoms with Crippen molar-refractivity contribution in [2.24, 2.45) is 0 Å². The zero-order valence-electron chi connectivity index (χ0n) is 12.5. The molecule has 0 aliphatic heterocycles. The van der Waals surface area contributed by atoms with E-state index >= 15 is 0 Å². The molecule has 0 spiro atoms. The highest BCUT2D eigenvalue weighted by molar-refractivity contribution is 5.81. The molecule has 4 heteroatoms. The monoisotopic (exact) mass is 277 g/mol. The summed E-state index contributed by atoms with van der Waals surface area (Å²) >= 11 is 0. The van der Waals surface area contributed by atoms with Gasteiger partial charge in [-0.25, -0.2) is 0 Å². The smallest absolute Gasteiger partial charge is 0.140 e. The number of fused-ring (bicyclic) bond motifs is 1. The highest BCUT2D eigenvalue weighted by Gasteiger charge is 2.18. The number of benzene rings is 1. The van der Waals surface area contributed by atoms with Crippen LogP contribution in [0.5, 0.6) is 0 Å². The van der Waals surface area contributed by atoms with Crippen LogP contribution in [0.2, 0.25) is 0 Å². The van der Waals surface area contributed by atoms with Crippen LogP contribution in [0.15, 0.2) is 28.7 Å². The van der Waals surface area contributed by atoms with Gasteiger partial charge in [0.15, 0.2) is 0 Å². The number of aliphatic hydroxyl groups excluding tert-OH is 2. The van der Waals surface area contributed by atoms with Crippen LogP contribution in [0.4, 0.5) is 0 Å². The molecule has 0 amide bonds. The molecule has 2 rings (SSSR count). The van der Waals surface area contributed by atoms with Gasteiger partial charge in [-0.3, -0.25) is 0 Å². The molecule has 2 aromatic rings. The Hall–Kier alpha value is -1.36. The fraction of sp³-hybridized carbons (Fsp3) is 0.500. The summed E-state index contributed by atoms with van der Waals surface area (Å²) in [6.45, 7) is 8.26. The number of nitrogens with one attached hydrogen (secondary N) is 1. The first kappa shape index (κ1) is 15.0. The van der Waals surface area contributed by atoms with Crippen LogP contribution >= 0.6 is 0 Å². The van der Waals surface area contributed by atoms with E-state index in [4.69, 9.17) is 4.42 Å². The Morgan fingerprint density at radius 1 is 1.25 bits per heavy atom. The summed E-state index contributed by atoms with van der Waals surface area (Å²) in [4.78, 5) is 0. The minimum atomic E-state index is -0.705. The molecule has 1 heterocycles. The average Bonchev–Trinajstić information content (AvgIpc) is 2.78. The van der Waals surface area contributed by atoms with Crippen LogP contribution < -0.4 is 5.32 Å².